The van der Waals surface area contributed by atoms with Crippen LogP contribution in [0.1, 0.15) is 10.4 Å². The van der Waals surface area contributed by atoms with Crippen LogP contribution in [0.25, 0.3) is 0 Å². The Balaban J connectivity index is 2.31. The molecule has 20 heavy (non-hydrogen) atoms. The Morgan fingerprint density at radius 2 is 1.70 bits per heavy atom. The number of benzene rings is 2. The lowest BCUT2D eigenvalue weighted by atomic mass is 10.1. The molecule has 2 aromatic rings. The van der Waals surface area contributed by atoms with Crippen LogP contribution in [-0.4, -0.2) is 5.91 Å². The van der Waals surface area contributed by atoms with Crippen molar-refractivity contribution in [3.63, 3.8) is 0 Å². The van der Waals surface area contributed by atoms with Crippen LogP contribution >= 0.6 is 27.5 Å². The fourth-order valence-electron chi connectivity index (χ4n) is 1.53. The van der Waals surface area contributed by atoms with Gasteiger partial charge in [-0.05, 0) is 34.1 Å². The van der Waals surface area contributed by atoms with Crippen LogP contribution < -0.4 is 5.32 Å². The molecule has 0 radical (unpaired) electrons. The Morgan fingerprint density at radius 3 is 2.25 bits per heavy atom. The molecule has 0 saturated carbocycles. The van der Waals surface area contributed by atoms with Crippen molar-refractivity contribution in [2.24, 2.45) is 0 Å². The monoisotopic (exact) mass is 363 g/mol. The van der Waals surface area contributed by atoms with Gasteiger partial charge in [0.2, 0.25) is 0 Å². The van der Waals surface area contributed by atoms with Crippen LogP contribution in [0, 0.1) is 17.5 Å². The van der Waals surface area contributed by atoms with Crippen LogP contribution in [0.2, 0.25) is 5.02 Å². The highest BCUT2D eigenvalue weighted by atomic mass is 79.9. The molecular formula is C13H6BrClF3NO. The third-order valence-corrected chi connectivity index (χ3v) is 3.63. The minimum Gasteiger partial charge on any atom is -0.322 e. The summed E-state index contributed by atoms with van der Waals surface area (Å²) in [6, 6.07) is 5.31. The highest BCUT2D eigenvalue weighted by Gasteiger charge is 2.19. The van der Waals surface area contributed by atoms with Crippen LogP contribution in [0.4, 0.5) is 18.9 Å². The lowest BCUT2D eigenvalue weighted by Crippen LogP contribution is -2.16. The van der Waals surface area contributed by atoms with Gasteiger partial charge in [0.15, 0.2) is 0 Å². The van der Waals surface area contributed by atoms with Crippen LogP contribution in [0.3, 0.4) is 0 Å². The van der Waals surface area contributed by atoms with Gasteiger partial charge >= 0.3 is 0 Å². The van der Waals surface area contributed by atoms with E-state index in [0.717, 1.165) is 0 Å². The minimum absolute atomic E-state index is 0.286. The van der Waals surface area contributed by atoms with Gasteiger partial charge in [0.05, 0.1) is 5.02 Å². The van der Waals surface area contributed by atoms with E-state index in [1.165, 1.54) is 18.2 Å². The van der Waals surface area contributed by atoms with E-state index < -0.39 is 28.9 Å². The maximum absolute atomic E-state index is 13.4. The molecule has 0 atom stereocenters. The second-order valence-corrected chi connectivity index (χ2v) is 5.09. The van der Waals surface area contributed by atoms with E-state index in [2.05, 4.69) is 21.2 Å². The van der Waals surface area contributed by atoms with Gasteiger partial charge in [-0.2, -0.15) is 0 Å². The van der Waals surface area contributed by atoms with Gasteiger partial charge in [-0.25, -0.2) is 13.2 Å². The molecule has 0 fully saturated rings. The molecule has 0 heterocycles. The van der Waals surface area contributed by atoms with E-state index in [1.807, 2.05) is 0 Å². The van der Waals surface area contributed by atoms with Crippen LogP contribution in [-0.2, 0) is 0 Å². The molecule has 0 aromatic heterocycles. The summed E-state index contributed by atoms with van der Waals surface area (Å²) in [7, 11) is 0. The molecule has 2 rings (SSSR count). The second-order valence-electron chi connectivity index (χ2n) is 3.83. The number of anilines is 1. The summed E-state index contributed by atoms with van der Waals surface area (Å²) in [5, 5.41) is 2.72. The van der Waals surface area contributed by atoms with E-state index in [0.29, 0.717) is 21.6 Å². The van der Waals surface area contributed by atoms with Crippen molar-refractivity contribution < 1.29 is 18.0 Å². The first-order valence-electron chi connectivity index (χ1n) is 5.29. The van der Waals surface area contributed by atoms with Crippen molar-refractivity contribution in [3.8, 4) is 0 Å². The fraction of sp³-hybridized carbons (Fsp3) is 0. The molecule has 2 nitrogen and oxygen atoms in total. The SMILES string of the molecule is O=C(Nc1ccc(Cl)c(Br)c1)c1c(F)cc(F)cc1F. The molecule has 0 spiro atoms. The molecule has 1 amide bonds. The summed E-state index contributed by atoms with van der Waals surface area (Å²) >= 11 is 8.93. The van der Waals surface area contributed by atoms with Crippen molar-refractivity contribution in [3.05, 3.63) is 62.8 Å². The molecule has 2 aromatic carbocycles. The average Bonchev–Trinajstić information content (AvgIpc) is 2.32. The van der Waals surface area contributed by atoms with Gasteiger partial charge in [0.25, 0.3) is 5.91 Å². The Kier molecular flexibility index (Phi) is 4.35. The largest absolute Gasteiger partial charge is 0.322 e. The fourth-order valence-corrected chi connectivity index (χ4v) is 2.02. The number of nitrogens with one attached hydrogen (secondary N) is 1. The summed E-state index contributed by atoms with van der Waals surface area (Å²) < 4.78 is 40.1. The van der Waals surface area contributed by atoms with Crippen molar-refractivity contribution in [1.29, 1.82) is 0 Å². The second kappa shape index (κ2) is 5.85. The predicted octanol–water partition coefficient (Wildman–Crippen LogP) is 4.77. The summed E-state index contributed by atoms with van der Waals surface area (Å²) in [6.07, 6.45) is 0. The smallest absolute Gasteiger partial charge is 0.261 e. The first-order chi connectivity index (χ1) is 9.38. The van der Waals surface area contributed by atoms with Crippen molar-refractivity contribution in [2.75, 3.05) is 5.32 Å². The van der Waals surface area contributed by atoms with E-state index in [-0.39, 0.29) is 5.69 Å². The molecule has 0 bridgehead atoms. The molecule has 0 aliphatic heterocycles. The first kappa shape index (κ1) is 14.9. The quantitative estimate of drug-likeness (QED) is 0.817. The molecule has 0 unspecified atom stereocenters. The number of amides is 1. The number of carbonyl (C=O) groups is 1. The van der Waals surface area contributed by atoms with E-state index in [9.17, 15) is 18.0 Å². The number of hydrogen-bond acceptors (Lipinski definition) is 1. The zero-order valence-electron chi connectivity index (χ0n) is 9.68. The van der Waals surface area contributed by atoms with E-state index >= 15 is 0 Å². The van der Waals surface area contributed by atoms with Crippen LogP contribution in [0.15, 0.2) is 34.8 Å². The zero-order chi connectivity index (χ0) is 14.9. The van der Waals surface area contributed by atoms with Gasteiger partial charge < -0.3 is 5.32 Å². The Labute approximate surface area is 125 Å². The van der Waals surface area contributed by atoms with Crippen molar-refractivity contribution >= 4 is 39.1 Å². The third-order valence-electron chi connectivity index (χ3n) is 2.41. The Hall–Kier alpha value is -1.53. The molecule has 7 heteroatoms. The normalized spacial score (nSPS) is 10.4. The highest BCUT2D eigenvalue weighted by molar-refractivity contribution is 9.10. The summed E-state index contributed by atoms with van der Waals surface area (Å²) in [6.45, 7) is 0. The van der Waals surface area contributed by atoms with Crippen molar-refractivity contribution in [2.45, 2.75) is 0 Å². The van der Waals surface area contributed by atoms with Gasteiger partial charge in [-0.1, -0.05) is 11.6 Å². The van der Waals surface area contributed by atoms with E-state index in [4.69, 9.17) is 11.6 Å². The Morgan fingerprint density at radius 1 is 1.10 bits per heavy atom. The first-order valence-corrected chi connectivity index (χ1v) is 6.46. The van der Waals surface area contributed by atoms with E-state index in [1.54, 1.807) is 0 Å². The standard InChI is InChI=1S/C13H6BrClF3NO/c14-8-5-7(1-2-9(8)15)19-13(20)12-10(17)3-6(16)4-11(12)18/h1-5H,(H,19,20). The van der Waals surface area contributed by atoms with Gasteiger partial charge in [-0.3, -0.25) is 4.79 Å². The zero-order valence-corrected chi connectivity index (χ0v) is 12.0. The number of rotatable bonds is 2. The third kappa shape index (κ3) is 3.13. The van der Waals surface area contributed by atoms with Crippen LogP contribution in [0.5, 0.6) is 0 Å². The molecular weight excluding hydrogens is 359 g/mol. The summed E-state index contributed by atoms with van der Waals surface area (Å²) in [4.78, 5) is 11.8. The maximum atomic E-state index is 13.4. The predicted molar refractivity (Wildman–Crippen MR) is 73.4 cm³/mol. The molecule has 0 saturated heterocycles. The molecule has 104 valence electrons. The highest BCUT2D eigenvalue weighted by Crippen LogP contribution is 2.26. The topological polar surface area (TPSA) is 29.1 Å². The van der Waals surface area contributed by atoms with Gasteiger partial charge in [-0.15, -0.1) is 0 Å². The lowest BCUT2D eigenvalue weighted by Gasteiger charge is -2.08. The molecule has 1 N–H and O–H groups in total. The number of hydrogen-bond donors (Lipinski definition) is 1. The molecule has 0 aliphatic carbocycles. The summed E-state index contributed by atoms with van der Waals surface area (Å²) in [5.74, 6) is -4.65. The minimum atomic E-state index is -1.27. The summed E-state index contributed by atoms with van der Waals surface area (Å²) in [5.41, 5.74) is -0.563. The maximum Gasteiger partial charge on any atom is 0.261 e. The lowest BCUT2D eigenvalue weighted by molar-refractivity contribution is 0.101. The van der Waals surface area contributed by atoms with Gasteiger partial charge in [0, 0.05) is 22.3 Å². The van der Waals surface area contributed by atoms with Crippen molar-refractivity contribution in [1.82, 2.24) is 0 Å². The molecule has 0 aliphatic rings. The average molecular weight is 365 g/mol. The Bertz CT molecular complexity index is 670. The number of carbonyl (C=O) groups excluding carboxylic acids is 1. The number of halogens is 5. The van der Waals surface area contributed by atoms with Gasteiger partial charge in [0.1, 0.15) is 23.0 Å².